The second-order valence-corrected chi connectivity index (χ2v) is 11.1. The van der Waals surface area contributed by atoms with Crippen molar-refractivity contribution in [3.05, 3.63) is 142 Å². The molecule has 1 aliphatic heterocycles. The summed E-state index contributed by atoms with van der Waals surface area (Å²) in [5.74, 6) is 0.665. The Kier molecular flexibility index (Phi) is 10.7. The predicted molar refractivity (Wildman–Crippen MR) is 175 cm³/mol. The van der Waals surface area contributed by atoms with Gasteiger partial charge in [0, 0.05) is 41.6 Å². The van der Waals surface area contributed by atoms with Crippen molar-refractivity contribution in [1.82, 2.24) is 10.9 Å². The van der Waals surface area contributed by atoms with Gasteiger partial charge in [0.1, 0.15) is 5.75 Å². The van der Waals surface area contributed by atoms with E-state index in [1.807, 2.05) is 97.1 Å². The molecule has 0 radical (unpaired) electrons. The zero-order chi connectivity index (χ0) is 30.8. The number of nitrogens with zero attached hydrogens (tertiary/aromatic N) is 1. The molecule has 5 rings (SSSR count). The van der Waals surface area contributed by atoms with Gasteiger partial charge in [0.25, 0.3) is 5.91 Å². The van der Waals surface area contributed by atoms with Gasteiger partial charge >= 0.3 is 0 Å². The van der Waals surface area contributed by atoms with Gasteiger partial charge < -0.3 is 14.6 Å². The van der Waals surface area contributed by atoms with E-state index in [2.05, 4.69) is 10.9 Å². The Morgan fingerprint density at radius 2 is 1.70 bits per heavy atom. The standard InChI is InChI=1S/C35H33Cl2N3O4/c36-29-17-14-28(31(37)23-29)24-38-40-34(42)35(20-7-11-25-9-3-1-4-10-25)32(26-12-5-2-6-13-26)44-33(39-35)27-15-18-30(19-16-27)43-22-8-21-41/h1-7,9-19,23,32,38,41H,8,20-22,24H2,(H,40,42)/b11-7+/t32-,35-/m0/s1. The lowest BCUT2D eigenvalue weighted by Gasteiger charge is -2.29. The van der Waals surface area contributed by atoms with Gasteiger partial charge in [-0.2, -0.15) is 0 Å². The van der Waals surface area contributed by atoms with Crippen LogP contribution in [-0.4, -0.2) is 35.7 Å². The van der Waals surface area contributed by atoms with Crippen LogP contribution in [0.2, 0.25) is 10.0 Å². The molecule has 0 aromatic heterocycles. The normalized spacial score (nSPS) is 17.7. The van der Waals surface area contributed by atoms with Crippen molar-refractivity contribution in [2.24, 2.45) is 4.99 Å². The minimum absolute atomic E-state index is 0.0636. The molecule has 0 unspecified atom stereocenters. The van der Waals surface area contributed by atoms with Crippen LogP contribution in [0.25, 0.3) is 6.08 Å². The highest BCUT2D eigenvalue weighted by Gasteiger charge is 2.52. The number of ether oxygens (including phenoxy) is 2. The van der Waals surface area contributed by atoms with Crippen molar-refractivity contribution in [3.63, 3.8) is 0 Å². The highest BCUT2D eigenvalue weighted by molar-refractivity contribution is 6.35. The molecule has 0 spiro atoms. The van der Waals surface area contributed by atoms with Gasteiger partial charge in [0.05, 0.1) is 6.61 Å². The van der Waals surface area contributed by atoms with Crippen LogP contribution in [-0.2, 0) is 16.1 Å². The van der Waals surface area contributed by atoms with Crippen LogP contribution >= 0.6 is 23.2 Å². The lowest BCUT2D eigenvalue weighted by Crippen LogP contribution is -2.52. The van der Waals surface area contributed by atoms with Crippen LogP contribution in [0, 0.1) is 0 Å². The Balaban J connectivity index is 1.47. The van der Waals surface area contributed by atoms with E-state index in [-0.39, 0.29) is 25.5 Å². The van der Waals surface area contributed by atoms with Gasteiger partial charge in [0.2, 0.25) is 5.90 Å². The van der Waals surface area contributed by atoms with Crippen molar-refractivity contribution < 1.29 is 19.4 Å². The van der Waals surface area contributed by atoms with Crippen molar-refractivity contribution >= 4 is 41.1 Å². The van der Waals surface area contributed by atoms with Gasteiger partial charge in [-0.1, -0.05) is 102 Å². The molecule has 4 aromatic rings. The highest BCUT2D eigenvalue weighted by Crippen LogP contribution is 2.43. The van der Waals surface area contributed by atoms with E-state index in [1.54, 1.807) is 18.2 Å². The zero-order valence-corrected chi connectivity index (χ0v) is 25.5. The molecule has 0 aliphatic carbocycles. The number of hydrazine groups is 1. The van der Waals surface area contributed by atoms with E-state index in [0.29, 0.717) is 40.3 Å². The summed E-state index contributed by atoms with van der Waals surface area (Å²) in [4.78, 5) is 19.2. The summed E-state index contributed by atoms with van der Waals surface area (Å²) < 4.78 is 12.2. The molecule has 0 saturated heterocycles. The van der Waals surface area contributed by atoms with Crippen molar-refractivity contribution in [1.29, 1.82) is 0 Å². The Morgan fingerprint density at radius 3 is 2.41 bits per heavy atom. The molecule has 1 amide bonds. The number of aliphatic imine (C=N–C) groups is 1. The summed E-state index contributed by atoms with van der Waals surface area (Å²) in [6.45, 7) is 0.756. The first-order valence-corrected chi connectivity index (χ1v) is 15.1. The number of aliphatic hydroxyl groups excluding tert-OH is 1. The lowest BCUT2D eigenvalue weighted by atomic mass is 9.84. The van der Waals surface area contributed by atoms with Crippen LogP contribution in [0.3, 0.4) is 0 Å². The molecule has 9 heteroatoms. The van der Waals surface area contributed by atoms with Crippen molar-refractivity contribution in [3.8, 4) is 5.75 Å². The second-order valence-electron chi connectivity index (χ2n) is 10.3. The number of carbonyl (C=O) groups is 1. The topological polar surface area (TPSA) is 92.2 Å². The molecule has 2 atom stereocenters. The third-order valence-electron chi connectivity index (χ3n) is 7.17. The maximum Gasteiger partial charge on any atom is 0.266 e. The van der Waals surface area contributed by atoms with E-state index < -0.39 is 11.6 Å². The number of aliphatic hydroxyl groups is 1. The van der Waals surface area contributed by atoms with Gasteiger partial charge in [-0.3, -0.25) is 10.2 Å². The molecular formula is C35H33Cl2N3O4. The minimum atomic E-state index is -1.34. The maximum absolute atomic E-state index is 14.2. The number of rotatable bonds is 13. The molecule has 0 saturated carbocycles. The van der Waals surface area contributed by atoms with Gasteiger partial charge in [0.15, 0.2) is 11.6 Å². The number of amides is 1. The van der Waals surface area contributed by atoms with Gasteiger partial charge in [-0.05, 0) is 53.1 Å². The van der Waals surface area contributed by atoms with Crippen LogP contribution in [0.4, 0.5) is 0 Å². The van der Waals surface area contributed by atoms with E-state index in [0.717, 1.165) is 16.7 Å². The molecule has 4 aromatic carbocycles. The first-order valence-electron chi connectivity index (χ1n) is 14.3. The number of benzene rings is 4. The highest BCUT2D eigenvalue weighted by atomic mass is 35.5. The Labute approximate surface area is 267 Å². The third kappa shape index (κ3) is 7.68. The van der Waals surface area contributed by atoms with E-state index in [9.17, 15) is 4.79 Å². The average molecular weight is 631 g/mol. The summed E-state index contributed by atoms with van der Waals surface area (Å²) in [5.41, 5.74) is 7.87. The maximum atomic E-state index is 14.2. The molecule has 0 bridgehead atoms. The average Bonchev–Trinajstić information content (AvgIpc) is 3.44. The first kappa shape index (κ1) is 31.3. The van der Waals surface area contributed by atoms with Gasteiger partial charge in [-0.15, -0.1) is 0 Å². The van der Waals surface area contributed by atoms with Crippen LogP contribution in [0.5, 0.6) is 5.75 Å². The largest absolute Gasteiger partial charge is 0.494 e. The zero-order valence-electron chi connectivity index (χ0n) is 24.0. The summed E-state index contributed by atoms with van der Waals surface area (Å²) >= 11 is 12.4. The van der Waals surface area contributed by atoms with Crippen LogP contribution in [0.1, 0.15) is 41.2 Å². The summed E-state index contributed by atoms with van der Waals surface area (Å²) in [6, 6.07) is 32.1. The first-order chi connectivity index (χ1) is 21.5. The van der Waals surface area contributed by atoms with Gasteiger partial charge in [-0.25, -0.2) is 10.4 Å². The monoisotopic (exact) mass is 629 g/mol. The van der Waals surface area contributed by atoms with Crippen molar-refractivity contribution in [2.45, 2.75) is 31.0 Å². The predicted octanol–water partition coefficient (Wildman–Crippen LogP) is 6.94. The molecule has 0 fully saturated rings. The quantitative estimate of drug-likeness (QED) is 0.110. The smallest absolute Gasteiger partial charge is 0.266 e. The van der Waals surface area contributed by atoms with E-state index >= 15 is 0 Å². The Morgan fingerprint density at radius 1 is 0.977 bits per heavy atom. The third-order valence-corrected chi connectivity index (χ3v) is 7.75. The minimum Gasteiger partial charge on any atom is -0.494 e. The SMILES string of the molecule is O=C(NNCc1ccc(Cl)cc1Cl)[C@@]1(C/C=C/c2ccccc2)N=C(c2ccc(OCCCO)cc2)O[C@H]1c1ccccc1. The van der Waals surface area contributed by atoms with Crippen LogP contribution < -0.4 is 15.6 Å². The Hall–Kier alpha value is -4.14. The summed E-state index contributed by atoms with van der Waals surface area (Å²) in [6.07, 6.45) is 4.03. The number of carbonyl (C=O) groups excluding carboxylic acids is 1. The Bertz CT molecular complexity index is 1600. The van der Waals surface area contributed by atoms with E-state index in [4.69, 9.17) is 42.8 Å². The lowest BCUT2D eigenvalue weighted by molar-refractivity contribution is -0.129. The molecule has 1 heterocycles. The molecule has 1 aliphatic rings. The summed E-state index contributed by atoms with van der Waals surface area (Å²) in [7, 11) is 0. The van der Waals surface area contributed by atoms with Crippen molar-refractivity contribution in [2.75, 3.05) is 13.2 Å². The number of halogens is 2. The molecule has 7 nitrogen and oxygen atoms in total. The molecule has 44 heavy (non-hydrogen) atoms. The number of hydrogen-bond acceptors (Lipinski definition) is 6. The van der Waals surface area contributed by atoms with Crippen LogP contribution in [0.15, 0.2) is 114 Å². The fraction of sp³-hybridized carbons (Fsp3) is 0.200. The fourth-order valence-electron chi connectivity index (χ4n) is 4.87. The van der Waals surface area contributed by atoms with E-state index in [1.165, 1.54) is 0 Å². The molecular weight excluding hydrogens is 597 g/mol. The number of nitrogens with one attached hydrogen (secondary N) is 2. The second kappa shape index (κ2) is 15.0. The molecule has 226 valence electrons. The molecule has 3 N–H and O–H groups in total. The summed E-state index contributed by atoms with van der Waals surface area (Å²) in [5, 5.41) is 10.1. The fourth-order valence-corrected chi connectivity index (χ4v) is 5.35. The number of hydrogen-bond donors (Lipinski definition) is 3.